The van der Waals surface area contributed by atoms with Crippen LogP contribution in [0.4, 0.5) is 5.69 Å². The molecule has 0 aliphatic heterocycles. The van der Waals surface area contributed by atoms with Gasteiger partial charge in [-0.05, 0) is 23.8 Å². The van der Waals surface area contributed by atoms with E-state index in [-0.39, 0.29) is 18.7 Å². The molecule has 0 unspecified atom stereocenters. The summed E-state index contributed by atoms with van der Waals surface area (Å²) in [5.74, 6) is -1.28. The Kier molecular flexibility index (Phi) is 4.34. The van der Waals surface area contributed by atoms with Gasteiger partial charge in [0.1, 0.15) is 0 Å². The van der Waals surface area contributed by atoms with E-state index >= 15 is 0 Å². The lowest BCUT2D eigenvalue weighted by molar-refractivity contribution is -0.138. The van der Waals surface area contributed by atoms with E-state index in [0.717, 1.165) is 21.3 Å². The van der Waals surface area contributed by atoms with Crippen molar-refractivity contribution in [3.05, 3.63) is 48.0 Å². The third-order valence-corrected chi connectivity index (χ3v) is 4.28. The zero-order chi connectivity index (χ0) is 16.2. The van der Waals surface area contributed by atoms with Crippen molar-refractivity contribution in [1.29, 1.82) is 0 Å². The Hall–Kier alpha value is -2.73. The third kappa shape index (κ3) is 3.54. The van der Waals surface area contributed by atoms with Gasteiger partial charge in [-0.1, -0.05) is 24.3 Å². The molecule has 0 fully saturated rings. The number of fused-ring (bicyclic) bond motifs is 1. The van der Waals surface area contributed by atoms with Crippen molar-refractivity contribution in [2.24, 2.45) is 0 Å². The Morgan fingerprint density at radius 1 is 1.09 bits per heavy atom. The molecule has 5 nitrogen and oxygen atoms in total. The SMILES string of the molecule is O=C(O)CCC(=O)Nc1ccc(-c2cccc3ncsc23)cc1. The molecule has 0 atom stereocenters. The van der Waals surface area contributed by atoms with Crippen LogP contribution in [0.15, 0.2) is 48.0 Å². The number of carboxylic acids is 1. The Morgan fingerprint density at radius 2 is 1.87 bits per heavy atom. The van der Waals surface area contributed by atoms with Crippen LogP contribution >= 0.6 is 11.3 Å². The number of aromatic nitrogens is 1. The fourth-order valence-electron chi connectivity index (χ4n) is 2.29. The van der Waals surface area contributed by atoms with Gasteiger partial charge in [-0.15, -0.1) is 11.3 Å². The van der Waals surface area contributed by atoms with Crippen LogP contribution in [-0.2, 0) is 9.59 Å². The fourth-order valence-corrected chi connectivity index (χ4v) is 3.12. The van der Waals surface area contributed by atoms with Gasteiger partial charge in [0.05, 0.1) is 22.1 Å². The number of thiazole rings is 1. The van der Waals surface area contributed by atoms with Crippen molar-refractivity contribution < 1.29 is 14.7 Å². The molecule has 1 heterocycles. The van der Waals surface area contributed by atoms with Crippen LogP contribution in [-0.4, -0.2) is 22.0 Å². The van der Waals surface area contributed by atoms with Gasteiger partial charge in [0.15, 0.2) is 0 Å². The van der Waals surface area contributed by atoms with E-state index in [1.54, 1.807) is 11.3 Å². The lowest BCUT2D eigenvalue weighted by atomic mass is 10.0. The molecule has 0 spiro atoms. The Labute approximate surface area is 136 Å². The van der Waals surface area contributed by atoms with Crippen LogP contribution in [0.25, 0.3) is 21.3 Å². The zero-order valence-corrected chi connectivity index (χ0v) is 13.0. The second-order valence-electron chi connectivity index (χ2n) is 5.03. The van der Waals surface area contributed by atoms with E-state index in [9.17, 15) is 9.59 Å². The minimum atomic E-state index is -0.979. The van der Waals surface area contributed by atoms with Crippen molar-refractivity contribution in [3.8, 4) is 11.1 Å². The summed E-state index contributed by atoms with van der Waals surface area (Å²) < 4.78 is 1.13. The molecule has 1 aromatic heterocycles. The number of benzene rings is 2. The van der Waals surface area contributed by atoms with Gasteiger partial charge in [0.2, 0.25) is 5.91 Å². The molecule has 2 aromatic carbocycles. The first-order valence-electron chi connectivity index (χ1n) is 7.08. The van der Waals surface area contributed by atoms with Crippen LogP contribution in [0, 0.1) is 0 Å². The van der Waals surface area contributed by atoms with Gasteiger partial charge in [-0.2, -0.15) is 0 Å². The molecule has 3 aromatic rings. The molecule has 0 radical (unpaired) electrons. The summed E-state index contributed by atoms with van der Waals surface area (Å²) in [4.78, 5) is 26.4. The maximum atomic E-state index is 11.6. The highest BCUT2D eigenvalue weighted by atomic mass is 32.1. The van der Waals surface area contributed by atoms with Crippen LogP contribution in [0.5, 0.6) is 0 Å². The lowest BCUT2D eigenvalue weighted by Crippen LogP contribution is -2.13. The Bertz CT molecular complexity index is 856. The Morgan fingerprint density at radius 3 is 2.61 bits per heavy atom. The average molecular weight is 326 g/mol. The number of anilines is 1. The quantitative estimate of drug-likeness (QED) is 0.748. The highest BCUT2D eigenvalue weighted by Gasteiger charge is 2.08. The Balaban J connectivity index is 1.76. The van der Waals surface area contributed by atoms with Crippen molar-refractivity contribution >= 4 is 39.1 Å². The summed E-state index contributed by atoms with van der Waals surface area (Å²) in [6.07, 6.45) is -0.200. The largest absolute Gasteiger partial charge is 0.481 e. The van der Waals surface area contributed by atoms with E-state index in [4.69, 9.17) is 5.11 Å². The minimum absolute atomic E-state index is 0.0305. The second kappa shape index (κ2) is 6.58. The molecule has 0 aliphatic rings. The van der Waals surface area contributed by atoms with E-state index in [0.29, 0.717) is 5.69 Å². The van der Waals surface area contributed by atoms with Crippen molar-refractivity contribution in [2.45, 2.75) is 12.8 Å². The fraction of sp³-hybridized carbons (Fsp3) is 0.118. The van der Waals surface area contributed by atoms with Crippen molar-refractivity contribution in [3.63, 3.8) is 0 Å². The number of nitrogens with zero attached hydrogens (tertiary/aromatic N) is 1. The number of hydrogen-bond donors (Lipinski definition) is 2. The summed E-state index contributed by atoms with van der Waals surface area (Å²) in [6.45, 7) is 0. The summed E-state index contributed by atoms with van der Waals surface area (Å²) in [5, 5.41) is 11.3. The van der Waals surface area contributed by atoms with Gasteiger partial charge in [0.25, 0.3) is 0 Å². The normalized spacial score (nSPS) is 10.6. The number of aliphatic carboxylic acids is 1. The molecule has 116 valence electrons. The first-order valence-corrected chi connectivity index (χ1v) is 7.96. The van der Waals surface area contributed by atoms with Gasteiger partial charge in [-0.3, -0.25) is 9.59 Å². The minimum Gasteiger partial charge on any atom is -0.481 e. The predicted molar refractivity (Wildman–Crippen MR) is 90.6 cm³/mol. The van der Waals surface area contributed by atoms with Crippen LogP contribution in [0.2, 0.25) is 0 Å². The van der Waals surface area contributed by atoms with E-state index in [1.165, 1.54) is 0 Å². The third-order valence-electron chi connectivity index (χ3n) is 3.40. The van der Waals surface area contributed by atoms with Crippen molar-refractivity contribution in [1.82, 2.24) is 4.98 Å². The molecular weight excluding hydrogens is 312 g/mol. The maximum absolute atomic E-state index is 11.6. The number of amides is 1. The summed E-state index contributed by atoms with van der Waals surface area (Å²) in [5.41, 5.74) is 5.60. The number of nitrogens with one attached hydrogen (secondary N) is 1. The summed E-state index contributed by atoms with van der Waals surface area (Å²) >= 11 is 1.60. The van der Waals surface area contributed by atoms with Gasteiger partial charge in [0, 0.05) is 17.7 Å². The van der Waals surface area contributed by atoms with E-state index in [1.807, 2.05) is 48.0 Å². The molecule has 0 aliphatic carbocycles. The van der Waals surface area contributed by atoms with Crippen LogP contribution in [0.1, 0.15) is 12.8 Å². The van der Waals surface area contributed by atoms with Crippen LogP contribution in [0.3, 0.4) is 0 Å². The van der Waals surface area contributed by atoms with Gasteiger partial charge < -0.3 is 10.4 Å². The number of hydrogen-bond acceptors (Lipinski definition) is 4. The number of carboxylic acid groups (broad SMARTS) is 1. The molecular formula is C17H14N2O3S. The molecule has 6 heteroatoms. The molecule has 0 saturated carbocycles. The highest BCUT2D eigenvalue weighted by molar-refractivity contribution is 7.17. The molecule has 0 bridgehead atoms. The average Bonchev–Trinajstić information content (AvgIpc) is 3.02. The zero-order valence-electron chi connectivity index (χ0n) is 12.2. The monoisotopic (exact) mass is 326 g/mol. The standard InChI is InChI=1S/C17H14N2O3S/c20-15(8-9-16(21)22)19-12-6-4-11(5-7-12)13-2-1-3-14-17(13)23-10-18-14/h1-7,10H,8-9H2,(H,19,20)(H,21,22). The number of rotatable bonds is 5. The van der Waals surface area contributed by atoms with E-state index in [2.05, 4.69) is 10.3 Å². The smallest absolute Gasteiger partial charge is 0.303 e. The van der Waals surface area contributed by atoms with E-state index < -0.39 is 5.97 Å². The molecule has 0 saturated heterocycles. The highest BCUT2D eigenvalue weighted by Crippen LogP contribution is 2.31. The molecule has 3 rings (SSSR count). The maximum Gasteiger partial charge on any atom is 0.303 e. The molecule has 23 heavy (non-hydrogen) atoms. The molecule has 1 amide bonds. The second-order valence-corrected chi connectivity index (χ2v) is 5.88. The summed E-state index contributed by atoms with van der Waals surface area (Å²) in [7, 11) is 0. The molecule has 2 N–H and O–H groups in total. The first kappa shape index (κ1) is 15.2. The van der Waals surface area contributed by atoms with Gasteiger partial charge in [-0.25, -0.2) is 4.98 Å². The summed E-state index contributed by atoms with van der Waals surface area (Å²) in [6, 6.07) is 13.5. The van der Waals surface area contributed by atoms with Crippen LogP contribution < -0.4 is 5.32 Å². The van der Waals surface area contributed by atoms with Gasteiger partial charge >= 0.3 is 5.97 Å². The predicted octanol–water partition coefficient (Wildman–Crippen LogP) is 3.77. The van der Waals surface area contributed by atoms with Crippen molar-refractivity contribution in [2.75, 3.05) is 5.32 Å². The topological polar surface area (TPSA) is 79.3 Å². The lowest BCUT2D eigenvalue weighted by Gasteiger charge is -2.07. The number of carbonyl (C=O) groups is 2. The number of carbonyl (C=O) groups excluding carboxylic acids is 1. The first-order chi connectivity index (χ1) is 11.1.